The highest BCUT2D eigenvalue weighted by atomic mass is 16.4. The second-order valence-electron chi connectivity index (χ2n) is 2.99. The number of aromatic nitrogens is 2. The molecule has 0 saturated heterocycles. The molecule has 2 aromatic heterocycles. The molecule has 0 unspecified atom stereocenters. The molecule has 0 atom stereocenters. The van der Waals surface area contributed by atoms with Gasteiger partial charge in [0.1, 0.15) is 5.52 Å². The summed E-state index contributed by atoms with van der Waals surface area (Å²) in [7, 11) is 0. The Kier molecular flexibility index (Phi) is 1.89. The van der Waals surface area contributed by atoms with Crippen molar-refractivity contribution in [3.05, 3.63) is 35.7 Å². The number of rotatable bonds is 1. The lowest BCUT2D eigenvalue weighted by Gasteiger charge is -2.02. The highest BCUT2D eigenvalue weighted by Crippen LogP contribution is 2.16. The predicted molar refractivity (Wildman–Crippen MR) is 51.2 cm³/mol. The first-order chi connectivity index (χ1) is 6.70. The van der Waals surface area contributed by atoms with Crippen molar-refractivity contribution in [3.63, 3.8) is 0 Å². The molecule has 0 saturated carbocycles. The maximum atomic E-state index is 10.9. The van der Waals surface area contributed by atoms with E-state index in [1.165, 1.54) is 12.3 Å². The molecule has 4 heteroatoms. The molecule has 0 aliphatic rings. The van der Waals surface area contributed by atoms with E-state index in [1.54, 1.807) is 12.3 Å². The van der Waals surface area contributed by atoms with Gasteiger partial charge in [-0.25, -0.2) is 4.79 Å². The van der Waals surface area contributed by atoms with Crippen LogP contribution in [0.4, 0.5) is 0 Å². The number of hydrogen-bond donors (Lipinski definition) is 1. The quantitative estimate of drug-likeness (QED) is 0.738. The van der Waals surface area contributed by atoms with Crippen molar-refractivity contribution >= 4 is 17.0 Å². The van der Waals surface area contributed by atoms with Crippen LogP contribution in [0.1, 0.15) is 15.9 Å². The number of aromatic carboxylic acids is 1. The number of carboxylic acids is 1. The molecule has 0 spiro atoms. The van der Waals surface area contributed by atoms with Gasteiger partial charge in [0.15, 0.2) is 0 Å². The normalized spacial score (nSPS) is 10.4. The van der Waals surface area contributed by atoms with Crippen molar-refractivity contribution < 1.29 is 9.90 Å². The van der Waals surface area contributed by atoms with Gasteiger partial charge in [0, 0.05) is 12.4 Å². The summed E-state index contributed by atoms with van der Waals surface area (Å²) in [6, 6.07) is 3.26. The Morgan fingerprint density at radius 2 is 1.86 bits per heavy atom. The van der Waals surface area contributed by atoms with E-state index in [2.05, 4.69) is 9.97 Å². The maximum Gasteiger partial charge on any atom is 0.338 e. The molecule has 14 heavy (non-hydrogen) atoms. The first-order valence-corrected chi connectivity index (χ1v) is 4.14. The van der Waals surface area contributed by atoms with E-state index in [4.69, 9.17) is 5.11 Å². The smallest absolute Gasteiger partial charge is 0.338 e. The van der Waals surface area contributed by atoms with Crippen molar-refractivity contribution in [2.24, 2.45) is 0 Å². The topological polar surface area (TPSA) is 63.1 Å². The SMILES string of the molecule is Cc1ccnc2c(C(=O)O)ccnc12. The van der Waals surface area contributed by atoms with E-state index < -0.39 is 5.97 Å². The number of fused-ring (bicyclic) bond motifs is 1. The Morgan fingerprint density at radius 1 is 1.21 bits per heavy atom. The number of carboxylic acid groups (broad SMARTS) is 1. The first-order valence-electron chi connectivity index (χ1n) is 4.14. The minimum Gasteiger partial charge on any atom is -0.478 e. The standard InChI is InChI=1S/C10H8N2O2/c1-6-2-4-12-9-7(10(13)14)3-5-11-8(6)9/h2-5H,1H3,(H,13,14). The van der Waals surface area contributed by atoms with Gasteiger partial charge >= 0.3 is 5.97 Å². The second kappa shape index (κ2) is 3.06. The molecule has 0 radical (unpaired) electrons. The van der Waals surface area contributed by atoms with E-state index in [1.807, 2.05) is 6.92 Å². The van der Waals surface area contributed by atoms with E-state index in [9.17, 15) is 4.79 Å². The Bertz CT molecular complexity index is 508. The zero-order chi connectivity index (χ0) is 10.1. The lowest BCUT2D eigenvalue weighted by Crippen LogP contribution is -2.00. The molecule has 2 aromatic rings. The zero-order valence-corrected chi connectivity index (χ0v) is 7.56. The molecule has 0 aliphatic heterocycles. The molecule has 1 N–H and O–H groups in total. The fourth-order valence-corrected chi connectivity index (χ4v) is 1.35. The van der Waals surface area contributed by atoms with Crippen LogP contribution in [0.2, 0.25) is 0 Å². The lowest BCUT2D eigenvalue weighted by atomic mass is 10.1. The third-order valence-corrected chi connectivity index (χ3v) is 2.06. The number of pyridine rings is 2. The fraction of sp³-hybridized carbons (Fsp3) is 0.100. The number of aryl methyl sites for hydroxylation is 1. The van der Waals surface area contributed by atoms with Crippen molar-refractivity contribution in [2.75, 3.05) is 0 Å². The van der Waals surface area contributed by atoms with Gasteiger partial charge in [0.25, 0.3) is 0 Å². The van der Waals surface area contributed by atoms with Crippen LogP contribution in [0, 0.1) is 6.92 Å². The van der Waals surface area contributed by atoms with Crippen LogP contribution >= 0.6 is 0 Å². The Hall–Kier alpha value is -1.97. The summed E-state index contributed by atoms with van der Waals surface area (Å²) in [5, 5.41) is 8.91. The molecule has 0 aliphatic carbocycles. The van der Waals surface area contributed by atoms with Gasteiger partial charge in [-0.1, -0.05) is 0 Å². The van der Waals surface area contributed by atoms with Crippen LogP contribution in [0.5, 0.6) is 0 Å². The average molecular weight is 188 g/mol. The lowest BCUT2D eigenvalue weighted by molar-refractivity contribution is 0.0698. The Balaban J connectivity index is 2.88. The van der Waals surface area contributed by atoms with Gasteiger partial charge in [-0.05, 0) is 24.6 Å². The monoisotopic (exact) mass is 188 g/mol. The fourth-order valence-electron chi connectivity index (χ4n) is 1.35. The maximum absolute atomic E-state index is 10.9. The molecule has 0 amide bonds. The number of nitrogens with zero attached hydrogens (tertiary/aromatic N) is 2. The van der Waals surface area contributed by atoms with Gasteiger partial charge < -0.3 is 5.11 Å². The van der Waals surface area contributed by atoms with Crippen LogP contribution in [0.3, 0.4) is 0 Å². The van der Waals surface area contributed by atoms with E-state index in [0.717, 1.165) is 5.56 Å². The summed E-state index contributed by atoms with van der Waals surface area (Å²) in [6.45, 7) is 1.88. The molecule has 2 rings (SSSR count). The summed E-state index contributed by atoms with van der Waals surface area (Å²) < 4.78 is 0. The highest BCUT2D eigenvalue weighted by Gasteiger charge is 2.10. The van der Waals surface area contributed by atoms with E-state index in [-0.39, 0.29) is 5.56 Å². The average Bonchev–Trinajstić information content (AvgIpc) is 2.17. The number of carbonyl (C=O) groups is 1. The molecular weight excluding hydrogens is 180 g/mol. The van der Waals surface area contributed by atoms with Crippen molar-refractivity contribution in [3.8, 4) is 0 Å². The van der Waals surface area contributed by atoms with Crippen LogP contribution in [-0.4, -0.2) is 21.0 Å². The molecule has 0 aromatic carbocycles. The van der Waals surface area contributed by atoms with Crippen molar-refractivity contribution in [1.29, 1.82) is 0 Å². The Labute approximate surface area is 80.2 Å². The van der Waals surface area contributed by atoms with Crippen LogP contribution < -0.4 is 0 Å². The van der Waals surface area contributed by atoms with Gasteiger partial charge in [-0.2, -0.15) is 0 Å². The molecule has 0 fully saturated rings. The van der Waals surface area contributed by atoms with Gasteiger partial charge in [0.05, 0.1) is 11.1 Å². The molecule has 4 nitrogen and oxygen atoms in total. The summed E-state index contributed by atoms with van der Waals surface area (Å²) >= 11 is 0. The summed E-state index contributed by atoms with van der Waals surface area (Å²) in [4.78, 5) is 19.0. The largest absolute Gasteiger partial charge is 0.478 e. The minimum atomic E-state index is -0.976. The van der Waals surface area contributed by atoms with Crippen molar-refractivity contribution in [2.45, 2.75) is 6.92 Å². The van der Waals surface area contributed by atoms with Crippen LogP contribution in [-0.2, 0) is 0 Å². The van der Waals surface area contributed by atoms with E-state index in [0.29, 0.717) is 11.0 Å². The van der Waals surface area contributed by atoms with Crippen LogP contribution in [0.15, 0.2) is 24.5 Å². The Morgan fingerprint density at radius 3 is 2.57 bits per heavy atom. The second-order valence-corrected chi connectivity index (χ2v) is 2.99. The third kappa shape index (κ3) is 1.21. The van der Waals surface area contributed by atoms with Crippen LogP contribution in [0.25, 0.3) is 11.0 Å². The molecule has 70 valence electrons. The van der Waals surface area contributed by atoms with Gasteiger partial charge in [0.2, 0.25) is 0 Å². The molecular formula is C10H8N2O2. The van der Waals surface area contributed by atoms with Gasteiger partial charge in [-0.3, -0.25) is 9.97 Å². The predicted octanol–water partition coefficient (Wildman–Crippen LogP) is 1.64. The first kappa shape index (κ1) is 8.62. The van der Waals surface area contributed by atoms with E-state index >= 15 is 0 Å². The summed E-state index contributed by atoms with van der Waals surface area (Å²) in [5.41, 5.74) is 2.21. The minimum absolute atomic E-state index is 0.193. The van der Waals surface area contributed by atoms with Crippen molar-refractivity contribution in [1.82, 2.24) is 9.97 Å². The van der Waals surface area contributed by atoms with Gasteiger partial charge in [-0.15, -0.1) is 0 Å². The zero-order valence-electron chi connectivity index (χ0n) is 7.56. The highest BCUT2D eigenvalue weighted by molar-refractivity contribution is 6.00. The number of hydrogen-bond acceptors (Lipinski definition) is 3. The molecule has 2 heterocycles. The summed E-state index contributed by atoms with van der Waals surface area (Å²) in [6.07, 6.45) is 3.08. The third-order valence-electron chi connectivity index (χ3n) is 2.06. The summed E-state index contributed by atoms with van der Waals surface area (Å²) in [5.74, 6) is -0.976. The molecule has 0 bridgehead atoms.